The molecule has 7 nitrogen and oxygen atoms in total. The fraction of sp³-hybridized carbons (Fsp3) is 0.417. The van der Waals surface area contributed by atoms with Crippen LogP contribution in [0.1, 0.15) is 12.0 Å². The van der Waals surface area contributed by atoms with Gasteiger partial charge in [0, 0.05) is 31.8 Å². The number of rotatable bonds is 4. The first-order chi connectivity index (χ1) is 9.04. The van der Waals surface area contributed by atoms with Crippen molar-refractivity contribution in [2.45, 2.75) is 19.1 Å². The van der Waals surface area contributed by atoms with Gasteiger partial charge in [-0.05, 0) is 12.0 Å². The van der Waals surface area contributed by atoms with E-state index in [4.69, 9.17) is 10.5 Å². The van der Waals surface area contributed by atoms with E-state index >= 15 is 0 Å². The number of nitrogens with two attached hydrogens (primary N) is 1. The second-order valence-corrected chi connectivity index (χ2v) is 4.51. The molecule has 1 saturated heterocycles. The zero-order valence-corrected chi connectivity index (χ0v) is 10.3. The molecule has 2 rings (SSSR count). The van der Waals surface area contributed by atoms with Crippen molar-refractivity contribution in [3.8, 4) is 0 Å². The molecule has 1 atom stereocenters. The van der Waals surface area contributed by atoms with Crippen LogP contribution < -0.4 is 5.73 Å². The Kier molecular flexibility index (Phi) is 3.96. The van der Waals surface area contributed by atoms with E-state index in [1.807, 2.05) is 0 Å². The second-order valence-electron chi connectivity index (χ2n) is 4.51. The Morgan fingerprint density at radius 2 is 2.16 bits per heavy atom. The van der Waals surface area contributed by atoms with Crippen molar-refractivity contribution < 1.29 is 14.5 Å². The quantitative estimate of drug-likeness (QED) is 0.652. The summed E-state index contributed by atoms with van der Waals surface area (Å²) in [6.45, 7) is 2.13. The number of primary amides is 1. The molecule has 7 heteroatoms. The van der Waals surface area contributed by atoms with Gasteiger partial charge in [-0.2, -0.15) is 0 Å². The Morgan fingerprint density at radius 1 is 1.47 bits per heavy atom. The normalized spacial score (nSPS) is 19.3. The lowest BCUT2D eigenvalue weighted by atomic mass is 10.2. The molecular weight excluding hydrogens is 250 g/mol. The molecule has 2 N–H and O–H groups in total. The summed E-state index contributed by atoms with van der Waals surface area (Å²) in [5.74, 6) is 0. The van der Waals surface area contributed by atoms with Gasteiger partial charge in [-0.15, -0.1) is 0 Å². The molecule has 102 valence electrons. The maximum absolute atomic E-state index is 10.6. The molecule has 1 aliphatic heterocycles. The predicted octanol–water partition coefficient (Wildman–Crippen LogP) is 1.26. The highest BCUT2D eigenvalue weighted by atomic mass is 16.6. The molecule has 1 heterocycles. The monoisotopic (exact) mass is 265 g/mol. The minimum Gasteiger partial charge on any atom is -0.445 e. The molecule has 1 amide bonds. The van der Waals surface area contributed by atoms with E-state index in [0.717, 1.165) is 18.5 Å². The third kappa shape index (κ3) is 3.65. The highest BCUT2D eigenvalue weighted by molar-refractivity contribution is 5.64. The molecule has 0 bridgehead atoms. The summed E-state index contributed by atoms with van der Waals surface area (Å²) in [6.07, 6.45) is -0.145. The number of hydrogen-bond acceptors (Lipinski definition) is 5. The molecule has 0 radical (unpaired) electrons. The number of non-ortho nitro benzene ring substituents is 1. The van der Waals surface area contributed by atoms with E-state index in [1.54, 1.807) is 12.1 Å². The molecule has 1 aromatic rings. The molecule has 0 saturated carbocycles. The van der Waals surface area contributed by atoms with Gasteiger partial charge in [0.05, 0.1) is 4.92 Å². The summed E-state index contributed by atoms with van der Waals surface area (Å²) in [4.78, 5) is 22.9. The maximum Gasteiger partial charge on any atom is 0.404 e. The van der Waals surface area contributed by atoms with Gasteiger partial charge in [0.1, 0.15) is 6.10 Å². The summed E-state index contributed by atoms with van der Waals surface area (Å²) in [5, 5.41) is 10.5. The van der Waals surface area contributed by atoms with Crippen molar-refractivity contribution in [2.75, 3.05) is 13.1 Å². The lowest BCUT2D eigenvalue weighted by Gasteiger charge is -2.15. The Labute approximate surface area is 110 Å². The highest BCUT2D eigenvalue weighted by Gasteiger charge is 2.24. The first-order valence-corrected chi connectivity index (χ1v) is 5.96. The van der Waals surface area contributed by atoms with Crippen molar-refractivity contribution >= 4 is 11.8 Å². The first-order valence-electron chi connectivity index (χ1n) is 5.96. The number of hydrogen-bond donors (Lipinski definition) is 1. The number of ether oxygens (including phenoxy) is 1. The Balaban J connectivity index is 1.88. The third-order valence-corrected chi connectivity index (χ3v) is 3.07. The van der Waals surface area contributed by atoms with Gasteiger partial charge in [-0.25, -0.2) is 4.79 Å². The summed E-state index contributed by atoms with van der Waals surface area (Å²) >= 11 is 0. The third-order valence-electron chi connectivity index (χ3n) is 3.07. The van der Waals surface area contributed by atoms with Gasteiger partial charge in [-0.1, -0.05) is 12.1 Å². The zero-order chi connectivity index (χ0) is 13.8. The van der Waals surface area contributed by atoms with Gasteiger partial charge in [0.2, 0.25) is 0 Å². The summed E-state index contributed by atoms with van der Waals surface area (Å²) in [6, 6.07) is 6.45. The van der Waals surface area contributed by atoms with Crippen LogP contribution in [0.2, 0.25) is 0 Å². The molecule has 19 heavy (non-hydrogen) atoms. The molecular formula is C12H15N3O4. The van der Waals surface area contributed by atoms with Crippen LogP contribution in [-0.2, 0) is 11.3 Å². The van der Waals surface area contributed by atoms with Crippen LogP contribution >= 0.6 is 0 Å². The Morgan fingerprint density at radius 3 is 2.74 bits per heavy atom. The number of amides is 1. The Bertz CT molecular complexity index is 474. The molecule has 1 unspecified atom stereocenters. The van der Waals surface area contributed by atoms with Crippen molar-refractivity contribution in [2.24, 2.45) is 5.73 Å². The van der Waals surface area contributed by atoms with Crippen molar-refractivity contribution in [1.82, 2.24) is 4.90 Å². The number of likely N-dealkylation sites (tertiary alicyclic amines) is 1. The lowest BCUT2D eigenvalue weighted by molar-refractivity contribution is -0.384. The van der Waals surface area contributed by atoms with E-state index in [1.165, 1.54) is 12.1 Å². The van der Waals surface area contributed by atoms with Crippen molar-refractivity contribution in [3.05, 3.63) is 39.9 Å². The van der Waals surface area contributed by atoms with E-state index in [9.17, 15) is 14.9 Å². The fourth-order valence-electron chi connectivity index (χ4n) is 2.18. The van der Waals surface area contributed by atoms with Crippen molar-refractivity contribution in [1.29, 1.82) is 0 Å². The number of carbonyl (C=O) groups excluding carboxylic acids is 1. The van der Waals surface area contributed by atoms with Gasteiger partial charge in [0.15, 0.2) is 0 Å². The van der Waals surface area contributed by atoms with E-state index in [-0.39, 0.29) is 11.8 Å². The summed E-state index contributed by atoms with van der Waals surface area (Å²) in [7, 11) is 0. The Hall–Kier alpha value is -2.15. The average molecular weight is 265 g/mol. The largest absolute Gasteiger partial charge is 0.445 e. The maximum atomic E-state index is 10.6. The smallest absolute Gasteiger partial charge is 0.404 e. The number of nitro groups is 1. The molecule has 1 aromatic carbocycles. The zero-order valence-electron chi connectivity index (χ0n) is 10.3. The number of nitrogens with zero attached hydrogens (tertiary/aromatic N) is 2. The van der Waals surface area contributed by atoms with Crippen LogP contribution in [0, 0.1) is 10.1 Å². The molecule has 1 fully saturated rings. The van der Waals surface area contributed by atoms with Crippen LogP contribution in [0.4, 0.5) is 10.5 Å². The number of benzene rings is 1. The second kappa shape index (κ2) is 5.66. The topological polar surface area (TPSA) is 98.7 Å². The average Bonchev–Trinajstić information content (AvgIpc) is 2.76. The van der Waals surface area contributed by atoms with Gasteiger partial charge in [-0.3, -0.25) is 15.0 Å². The summed E-state index contributed by atoms with van der Waals surface area (Å²) < 4.78 is 4.94. The van der Waals surface area contributed by atoms with Crippen LogP contribution in [0.5, 0.6) is 0 Å². The van der Waals surface area contributed by atoms with Crippen LogP contribution in [-0.4, -0.2) is 35.1 Å². The standard InChI is InChI=1S/C12H15N3O4/c13-12(16)19-11-5-6-14(8-11)7-9-1-3-10(4-2-9)15(17)18/h1-4,11H,5-8H2,(H2,13,16). The summed E-state index contributed by atoms with van der Waals surface area (Å²) in [5.41, 5.74) is 6.05. The SMILES string of the molecule is NC(=O)OC1CCN(Cc2ccc([N+](=O)[O-])cc2)C1. The number of carbonyl (C=O) groups is 1. The van der Waals surface area contributed by atoms with Crippen LogP contribution in [0.3, 0.4) is 0 Å². The first kappa shape index (κ1) is 13.3. The van der Waals surface area contributed by atoms with Gasteiger partial charge >= 0.3 is 6.09 Å². The fourth-order valence-corrected chi connectivity index (χ4v) is 2.18. The predicted molar refractivity (Wildman–Crippen MR) is 67.4 cm³/mol. The van der Waals surface area contributed by atoms with Crippen LogP contribution in [0.25, 0.3) is 0 Å². The molecule has 0 spiro atoms. The minimum atomic E-state index is -0.748. The lowest BCUT2D eigenvalue weighted by Crippen LogP contribution is -2.26. The number of nitro benzene ring substituents is 1. The molecule has 0 aromatic heterocycles. The van der Waals surface area contributed by atoms with Gasteiger partial charge < -0.3 is 10.5 Å². The van der Waals surface area contributed by atoms with E-state index in [2.05, 4.69) is 4.90 Å². The van der Waals surface area contributed by atoms with Gasteiger partial charge in [0.25, 0.3) is 5.69 Å². The van der Waals surface area contributed by atoms with E-state index in [0.29, 0.717) is 13.1 Å². The van der Waals surface area contributed by atoms with Crippen molar-refractivity contribution in [3.63, 3.8) is 0 Å². The molecule has 0 aliphatic carbocycles. The highest BCUT2D eigenvalue weighted by Crippen LogP contribution is 2.18. The minimum absolute atomic E-state index is 0.0834. The molecule has 1 aliphatic rings. The van der Waals surface area contributed by atoms with E-state index < -0.39 is 11.0 Å². The van der Waals surface area contributed by atoms with Crippen LogP contribution in [0.15, 0.2) is 24.3 Å².